The fourth-order valence-corrected chi connectivity index (χ4v) is 1.96. The Hall–Kier alpha value is -0.870. The van der Waals surface area contributed by atoms with Crippen LogP contribution in [0, 0.1) is 0 Å². The molecule has 1 aromatic carbocycles. The van der Waals surface area contributed by atoms with Crippen LogP contribution >= 0.6 is 0 Å². The average Bonchev–Trinajstić information content (AvgIpc) is 2.30. The van der Waals surface area contributed by atoms with Crippen LogP contribution in [0.2, 0.25) is 0 Å². The molecule has 0 amide bonds. The van der Waals surface area contributed by atoms with Crippen LogP contribution in [-0.2, 0) is 10.8 Å². The van der Waals surface area contributed by atoms with E-state index in [0.29, 0.717) is 12.4 Å². The second kappa shape index (κ2) is 7.45. The molecule has 0 aliphatic rings. The zero-order valence-corrected chi connectivity index (χ0v) is 11.5. The van der Waals surface area contributed by atoms with Crippen LogP contribution in [0.15, 0.2) is 24.3 Å². The highest BCUT2D eigenvalue weighted by atomic mass is 32.2. The van der Waals surface area contributed by atoms with Gasteiger partial charge in [-0.15, -0.1) is 0 Å². The van der Waals surface area contributed by atoms with E-state index in [4.69, 9.17) is 4.74 Å². The lowest BCUT2D eigenvalue weighted by Gasteiger charge is -2.14. The van der Waals surface area contributed by atoms with Crippen LogP contribution in [0.25, 0.3) is 0 Å². The maximum atomic E-state index is 10.9. The van der Waals surface area contributed by atoms with E-state index < -0.39 is 10.8 Å². The molecule has 1 rings (SSSR count). The molecule has 0 aliphatic heterocycles. The van der Waals surface area contributed by atoms with Crippen LogP contribution < -0.4 is 10.1 Å². The minimum absolute atomic E-state index is 0.272. The highest BCUT2D eigenvalue weighted by Crippen LogP contribution is 2.17. The van der Waals surface area contributed by atoms with Crippen molar-refractivity contribution < 1.29 is 8.95 Å². The van der Waals surface area contributed by atoms with Crippen LogP contribution in [0.1, 0.15) is 25.5 Å². The van der Waals surface area contributed by atoms with Gasteiger partial charge in [0.15, 0.2) is 0 Å². The van der Waals surface area contributed by atoms with Gasteiger partial charge in [0, 0.05) is 35.4 Å². The van der Waals surface area contributed by atoms with E-state index in [9.17, 15) is 4.21 Å². The zero-order valence-electron chi connectivity index (χ0n) is 10.7. The van der Waals surface area contributed by atoms with Crippen molar-refractivity contribution in [1.29, 1.82) is 0 Å². The molecule has 1 N–H and O–H groups in total. The van der Waals surface area contributed by atoms with Gasteiger partial charge in [-0.1, -0.05) is 12.1 Å². The zero-order chi connectivity index (χ0) is 12.7. The van der Waals surface area contributed by atoms with E-state index in [2.05, 4.69) is 24.4 Å². The average molecular weight is 255 g/mol. The predicted octanol–water partition coefficient (Wildman–Crippen LogP) is 2.11. The molecule has 4 heteroatoms. The van der Waals surface area contributed by atoms with Crippen molar-refractivity contribution in [2.75, 3.05) is 25.2 Å². The van der Waals surface area contributed by atoms with Gasteiger partial charge in [-0.05, 0) is 31.5 Å². The van der Waals surface area contributed by atoms with Gasteiger partial charge in [0.05, 0.1) is 6.61 Å². The van der Waals surface area contributed by atoms with Gasteiger partial charge in [0.1, 0.15) is 5.75 Å². The van der Waals surface area contributed by atoms with E-state index in [1.165, 1.54) is 5.56 Å². The monoisotopic (exact) mass is 255 g/mol. The Kier molecular flexibility index (Phi) is 6.22. The van der Waals surface area contributed by atoms with Gasteiger partial charge >= 0.3 is 0 Å². The Morgan fingerprint density at radius 2 is 2.00 bits per heavy atom. The highest BCUT2D eigenvalue weighted by molar-refractivity contribution is 7.84. The van der Waals surface area contributed by atoms with E-state index in [1.807, 2.05) is 19.1 Å². The van der Waals surface area contributed by atoms with Gasteiger partial charge < -0.3 is 10.1 Å². The van der Waals surface area contributed by atoms with Crippen LogP contribution in [-0.4, -0.2) is 29.4 Å². The molecule has 0 aromatic heterocycles. The molecule has 0 heterocycles. The Labute approximate surface area is 106 Å². The summed E-state index contributed by atoms with van der Waals surface area (Å²) in [5.41, 5.74) is 1.22. The maximum absolute atomic E-state index is 10.9. The maximum Gasteiger partial charge on any atom is 0.119 e. The largest absolute Gasteiger partial charge is 0.494 e. The molecule has 0 fully saturated rings. The third kappa shape index (κ3) is 5.33. The third-order valence-corrected chi connectivity index (χ3v) is 3.31. The first-order chi connectivity index (χ1) is 8.13. The Balaban J connectivity index is 2.45. The molecule has 3 nitrogen and oxygen atoms in total. The fourth-order valence-electron chi connectivity index (χ4n) is 1.56. The normalized spacial score (nSPS) is 14.3. The summed E-state index contributed by atoms with van der Waals surface area (Å²) >= 11 is 0. The molecule has 0 radical (unpaired) electrons. The number of hydrogen-bond donors (Lipinski definition) is 1. The molecule has 0 bridgehead atoms. The summed E-state index contributed by atoms with van der Waals surface area (Å²) in [6, 6.07) is 8.36. The quantitative estimate of drug-likeness (QED) is 0.811. The first-order valence-corrected chi connectivity index (χ1v) is 7.62. The van der Waals surface area contributed by atoms with Gasteiger partial charge in [0.2, 0.25) is 0 Å². The van der Waals surface area contributed by atoms with E-state index in [0.717, 1.165) is 12.3 Å². The summed E-state index contributed by atoms with van der Waals surface area (Å²) in [5, 5.41) is 3.35. The number of benzene rings is 1. The Morgan fingerprint density at radius 1 is 1.35 bits per heavy atom. The summed E-state index contributed by atoms with van der Waals surface area (Å²) in [6.45, 7) is 5.55. The highest BCUT2D eigenvalue weighted by Gasteiger charge is 2.04. The minimum Gasteiger partial charge on any atom is -0.494 e. The van der Waals surface area contributed by atoms with Crippen LogP contribution in [0.5, 0.6) is 5.75 Å². The molecule has 1 aromatic rings. The summed E-state index contributed by atoms with van der Waals surface area (Å²) in [6.07, 6.45) is 1.73. The lowest BCUT2D eigenvalue weighted by Crippen LogP contribution is -2.23. The first-order valence-electron chi connectivity index (χ1n) is 5.89. The molecule has 0 aliphatic carbocycles. The van der Waals surface area contributed by atoms with Crippen molar-refractivity contribution in [2.45, 2.75) is 19.9 Å². The van der Waals surface area contributed by atoms with Gasteiger partial charge in [-0.3, -0.25) is 4.21 Å². The second-order valence-electron chi connectivity index (χ2n) is 3.96. The van der Waals surface area contributed by atoms with Crippen molar-refractivity contribution in [3.63, 3.8) is 0 Å². The van der Waals surface area contributed by atoms with Gasteiger partial charge in [-0.2, -0.15) is 0 Å². The summed E-state index contributed by atoms with van der Waals surface area (Å²) in [4.78, 5) is 0. The van der Waals surface area contributed by atoms with Crippen molar-refractivity contribution in [3.8, 4) is 5.75 Å². The Bertz CT molecular complexity index is 351. The SMILES string of the molecule is CCOc1ccc(C(C)NCCS(C)=O)cc1. The molecule has 0 saturated heterocycles. The summed E-state index contributed by atoms with van der Waals surface area (Å²) in [7, 11) is -0.727. The van der Waals surface area contributed by atoms with Crippen LogP contribution in [0.3, 0.4) is 0 Å². The molecule has 0 saturated carbocycles. The fraction of sp³-hybridized carbons (Fsp3) is 0.538. The molecule has 2 unspecified atom stereocenters. The van der Waals surface area contributed by atoms with Crippen molar-refractivity contribution in [3.05, 3.63) is 29.8 Å². The molecule has 0 spiro atoms. The summed E-state index contributed by atoms with van der Waals surface area (Å²) in [5.74, 6) is 1.60. The third-order valence-electron chi connectivity index (χ3n) is 2.53. The lowest BCUT2D eigenvalue weighted by molar-refractivity contribution is 0.340. The van der Waals surface area contributed by atoms with Crippen molar-refractivity contribution in [1.82, 2.24) is 5.32 Å². The number of ether oxygens (including phenoxy) is 1. The van der Waals surface area contributed by atoms with Crippen molar-refractivity contribution >= 4 is 10.8 Å². The van der Waals surface area contributed by atoms with E-state index in [1.54, 1.807) is 6.26 Å². The van der Waals surface area contributed by atoms with E-state index in [-0.39, 0.29) is 6.04 Å². The predicted molar refractivity (Wildman–Crippen MR) is 73.0 cm³/mol. The van der Waals surface area contributed by atoms with Gasteiger partial charge in [-0.25, -0.2) is 0 Å². The molecular weight excluding hydrogens is 234 g/mol. The second-order valence-corrected chi connectivity index (χ2v) is 5.51. The number of nitrogens with one attached hydrogen (secondary N) is 1. The standard InChI is InChI=1S/C13H21NO2S/c1-4-16-13-7-5-12(6-8-13)11(2)14-9-10-17(3)15/h5-8,11,14H,4,9-10H2,1-3H3. The molecule has 96 valence electrons. The van der Waals surface area contributed by atoms with Crippen molar-refractivity contribution in [2.24, 2.45) is 0 Å². The topological polar surface area (TPSA) is 38.3 Å². The number of hydrogen-bond acceptors (Lipinski definition) is 3. The van der Waals surface area contributed by atoms with Gasteiger partial charge in [0.25, 0.3) is 0 Å². The molecular formula is C13H21NO2S. The van der Waals surface area contributed by atoms with E-state index >= 15 is 0 Å². The smallest absolute Gasteiger partial charge is 0.119 e. The number of rotatable bonds is 7. The minimum atomic E-state index is -0.727. The lowest BCUT2D eigenvalue weighted by atomic mass is 10.1. The molecule has 2 atom stereocenters. The first kappa shape index (κ1) is 14.2. The molecule has 17 heavy (non-hydrogen) atoms. The van der Waals surface area contributed by atoms with Crippen LogP contribution in [0.4, 0.5) is 0 Å². The Morgan fingerprint density at radius 3 is 2.53 bits per heavy atom. The summed E-state index contributed by atoms with van der Waals surface area (Å²) < 4.78 is 16.3.